The Bertz CT molecular complexity index is 465. The Hall–Kier alpha value is -0.610. The van der Waals surface area contributed by atoms with E-state index in [1.54, 1.807) is 23.5 Å². The second kappa shape index (κ2) is 6.23. The van der Waals surface area contributed by atoms with Gasteiger partial charge in [-0.3, -0.25) is 4.79 Å². The largest absolute Gasteiger partial charge is 0.481 e. The van der Waals surface area contributed by atoms with Gasteiger partial charge < -0.3 is 5.11 Å². The molecule has 1 aliphatic rings. The molecule has 104 valence electrons. The number of carbonyl (C=O) groups is 1. The van der Waals surface area contributed by atoms with E-state index >= 15 is 0 Å². The van der Waals surface area contributed by atoms with E-state index in [4.69, 9.17) is 0 Å². The molecule has 0 radical (unpaired) electrons. The van der Waals surface area contributed by atoms with Crippen LogP contribution in [0.2, 0.25) is 0 Å². The first-order chi connectivity index (χ1) is 9.14. The maximum absolute atomic E-state index is 11.8. The third-order valence-corrected chi connectivity index (χ3v) is 5.76. The smallest absolute Gasteiger partial charge is 0.314 e. The number of rotatable bonds is 4. The van der Waals surface area contributed by atoms with Gasteiger partial charge in [-0.05, 0) is 43.0 Å². The number of aliphatic carboxylic acids is 1. The van der Waals surface area contributed by atoms with Crippen LogP contribution in [0.15, 0.2) is 28.0 Å². The van der Waals surface area contributed by atoms with Gasteiger partial charge in [0.25, 0.3) is 0 Å². The SMILES string of the molecule is CSc1ccc(C2(C(=O)O)CCCCC2)cc1SC. The van der Waals surface area contributed by atoms with Gasteiger partial charge in [0.1, 0.15) is 0 Å². The molecule has 0 atom stereocenters. The van der Waals surface area contributed by atoms with Crippen LogP contribution in [-0.4, -0.2) is 23.6 Å². The van der Waals surface area contributed by atoms with Gasteiger partial charge in [0.15, 0.2) is 0 Å². The van der Waals surface area contributed by atoms with E-state index in [1.165, 1.54) is 9.79 Å². The maximum Gasteiger partial charge on any atom is 0.314 e. The van der Waals surface area contributed by atoms with Gasteiger partial charge in [-0.2, -0.15) is 0 Å². The van der Waals surface area contributed by atoms with Crippen molar-refractivity contribution in [3.05, 3.63) is 23.8 Å². The summed E-state index contributed by atoms with van der Waals surface area (Å²) in [6.07, 6.45) is 8.85. The van der Waals surface area contributed by atoms with Crippen molar-refractivity contribution in [2.75, 3.05) is 12.5 Å². The summed E-state index contributed by atoms with van der Waals surface area (Å²) in [5.41, 5.74) is 0.335. The normalized spacial score (nSPS) is 18.2. The lowest BCUT2D eigenvalue weighted by Gasteiger charge is -2.34. The molecule has 4 heteroatoms. The first-order valence-corrected chi connectivity index (χ1v) is 9.05. The summed E-state index contributed by atoms with van der Waals surface area (Å²) in [6, 6.07) is 6.19. The lowest BCUT2D eigenvalue weighted by atomic mass is 9.69. The van der Waals surface area contributed by atoms with Crippen molar-refractivity contribution < 1.29 is 9.90 Å². The fraction of sp³-hybridized carbons (Fsp3) is 0.533. The molecule has 1 fully saturated rings. The third-order valence-electron chi connectivity index (χ3n) is 4.05. The van der Waals surface area contributed by atoms with E-state index in [0.717, 1.165) is 37.7 Å². The molecule has 0 unspecified atom stereocenters. The van der Waals surface area contributed by atoms with Crippen molar-refractivity contribution in [3.63, 3.8) is 0 Å². The number of benzene rings is 1. The Morgan fingerprint density at radius 2 is 1.74 bits per heavy atom. The highest BCUT2D eigenvalue weighted by Gasteiger charge is 2.41. The minimum absolute atomic E-state index is 0.653. The average Bonchev–Trinajstić information content (AvgIpc) is 2.47. The van der Waals surface area contributed by atoms with Crippen molar-refractivity contribution in [1.82, 2.24) is 0 Å². The van der Waals surface area contributed by atoms with Gasteiger partial charge in [0.05, 0.1) is 5.41 Å². The van der Waals surface area contributed by atoms with Crippen LogP contribution in [0.25, 0.3) is 0 Å². The summed E-state index contributed by atoms with van der Waals surface area (Å²) in [6.45, 7) is 0. The number of hydrogen-bond acceptors (Lipinski definition) is 3. The minimum Gasteiger partial charge on any atom is -0.481 e. The summed E-state index contributed by atoms with van der Waals surface area (Å²) in [5.74, 6) is -0.656. The standard InChI is InChI=1S/C15H20O2S2/c1-18-12-7-6-11(10-13(12)19-2)15(14(16)17)8-4-3-5-9-15/h6-7,10H,3-5,8-9H2,1-2H3,(H,16,17). The van der Waals surface area contributed by atoms with Crippen LogP contribution in [-0.2, 0) is 10.2 Å². The zero-order valence-corrected chi connectivity index (χ0v) is 13.1. The number of carboxylic acid groups (broad SMARTS) is 1. The monoisotopic (exact) mass is 296 g/mol. The molecule has 0 spiro atoms. The maximum atomic E-state index is 11.8. The highest BCUT2D eigenvalue weighted by atomic mass is 32.2. The average molecular weight is 296 g/mol. The molecule has 1 aliphatic carbocycles. The van der Waals surface area contributed by atoms with Crippen LogP contribution in [0, 0.1) is 0 Å². The van der Waals surface area contributed by atoms with Crippen LogP contribution in [0.5, 0.6) is 0 Å². The molecular weight excluding hydrogens is 276 g/mol. The number of carboxylic acids is 1. The van der Waals surface area contributed by atoms with Crippen LogP contribution >= 0.6 is 23.5 Å². The second-order valence-electron chi connectivity index (χ2n) is 5.02. The van der Waals surface area contributed by atoms with Crippen molar-refractivity contribution >= 4 is 29.5 Å². The van der Waals surface area contributed by atoms with Gasteiger partial charge in [0.2, 0.25) is 0 Å². The van der Waals surface area contributed by atoms with E-state index in [2.05, 4.69) is 18.4 Å². The Morgan fingerprint density at radius 1 is 1.11 bits per heavy atom. The van der Waals surface area contributed by atoms with Crippen LogP contribution in [0.4, 0.5) is 0 Å². The molecule has 0 bridgehead atoms. The van der Waals surface area contributed by atoms with E-state index in [9.17, 15) is 9.90 Å². The summed E-state index contributed by atoms with van der Waals surface area (Å²) in [5, 5.41) is 9.72. The third kappa shape index (κ3) is 2.79. The van der Waals surface area contributed by atoms with Crippen LogP contribution in [0.3, 0.4) is 0 Å². The quantitative estimate of drug-likeness (QED) is 0.835. The Morgan fingerprint density at radius 3 is 2.26 bits per heavy atom. The summed E-state index contributed by atoms with van der Waals surface area (Å²) < 4.78 is 0. The molecule has 2 rings (SSSR count). The zero-order valence-electron chi connectivity index (χ0n) is 11.4. The Balaban J connectivity index is 2.45. The lowest BCUT2D eigenvalue weighted by molar-refractivity contribution is -0.145. The minimum atomic E-state index is -0.656. The van der Waals surface area contributed by atoms with Gasteiger partial charge in [-0.25, -0.2) is 0 Å². The van der Waals surface area contributed by atoms with Crippen molar-refractivity contribution in [3.8, 4) is 0 Å². The number of thioether (sulfide) groups is 2. The Labute approximate surface area is 123 Å². The summed E-state index contributed by atoms with van der Waals surface area (Å²) >= 11 is 3.41. The molecule has 1 aromatic rings. The fourth-order valence-electron chi connectivity index (χ4n) is 2.92. The molecule has 0 aromatic heterocycles. The van der Waals surface area contributed by atoms with Gasteiger partial charge >= 0.3 is 5.97 Å². The van der Waals surface area contributed by atoms with E-state index in [1.807, 2.05) is 12.3 Å². The molecule has 0 amide bonds. The van der Waals surface area contributed by atoms with E-state index in [-0.39, 0.29) is 0 Å². The zero-order chi connectivity index (χ0) is 13.9. The van der Waals surface area contributed by atoms with Crippen LogP contribution < -0.4 is 0 Å². The van der Waals surface area contributed by atoms with Gasteiger partial charge in [0, 0.05) is 9.79 Å². The molecule has 1 saturated carbocycles. The fourth-order valence-corrected chi connectivity index (χ4v) is 4.39. The highest BCUT2D eigenvalue weighted by Crippen LogP contribution is 2.42. The van der Waals surface area contributed by atoms with Gasteiger partial charge in [-0.1, -0.05) is 25.3 Å². The molecule has 0 aliphatic heterocycles. The predicted octanol–water partition coefficient (Wildman–Crippen LogP) is 4.42. The molecule has 1 aromatic carbocycles. The van der Waals surface area contributed by atoms with Crippen molar-refractivity contribution in [1.29, 1.82) is 0 Å². The number of hydrogen-bond donors (Lipinski definition) is 1. The van der Waals surface area contributed by atoms with Crippen molar-refractivity contribution in [2.45, 2.75) is 47.3 Å². The lowest BCUT2D eigenvalue weighted by Crippen LogP contribution is -2.37. The summed E-state index contributed by atoms with van der Waals surface area (Å²) in [4.78, 5) is 14.2. The predicted molar refractivity (Wildman–Crippen MR) is 82.4 cm³/mol. The first-order valence-electron chi connectivity index (χ1n) is 6.60. The molecule has 1 N–H and O–H groups in total. The van der Waals surface area contributed by atoms with E-state index in [0.29, 0.717) is 0 Å². The second-order valence-corrected chi connectivity index (χ2v) is 6.71. The highest BCUT2D eigenvalue weighted by molar-refractivity contribution is 8.01. The van der Waals surface area contributed by atoms with Crippen molar-refractivity contribution in [2.24, 2.45) is 0 Å². The molecular formula is C15H20O2S2. The molecule has 19 heavy (non-hydrogen) atoms. The molecule has 0 heterocycles. The van der Waals surface area contributed by atoms with Crippen LogP contribution in [0.1, 0.15) is 37.7 Å². The molecule has 2 nitrogen and oxygen atoms in total. The van der Waals surface area contributed by atoms with E-state index < -0.39 is 11.4 Å². The Kier molecular flexibility index (Phi) is 4.85. The topological polar surface area (TPSA) is 37.3 Å². The van der Waals surface area contributed by atoms with Gasteiger partial charge in [-0.15, -0.1) is 23.5 Å². The first kappa shape index (κ1) is 14.8. The molecule has 0 saturated heterocycles. The summed E-state index contributed by atoms with van der Waals surface area (Å²) in [7, 11) is 0.